The number of carbonyl (C=O) groups is 1. The molecule has 1 amide bonds. The number of H-pyrrole nitrogens is 1. The molecule has 3 aromatic heterocycles. The van der Waals surface area contributed by atoms with Gasteiger partial charge in [-0.25, -0.2) is 19.9 Å². The Labute approximate surface area is 134 Å². The normalized spacial score (nSPS) is 12.3. The lowest BCUT2D eigenvalue weighted by atomic mass is 10.4. The van der Waals surface area contributed by atoms with E-state index in [-0.39, 0.29) is 11.2 Å². The van der Waals surface area contributed by atoms with Crippen LogP contribution in [0.1, 0.15) is 6.92 Å². The number of hydrogen-bond donors (Lipinski definition) is 2. The molecule has 0 saturated carbocycles. The second-order valence-electron chi connectivity index (χ2n) is 4.39. The number of hydrogen-bond acceptors (Lipinski definition) is 6. The number of imidazole rings is 1. The first kappa shape index (κ1) is 14.7. The largest absolute Gasteiger partial charge is 0.341 e. The van der Waals surface area contributed by atoms with Crippen LogP contribution in [0.3, 0.4) is 0 Å². The molecule has 0 aliphatic heterocycles. The summed E-state index contributed by atoms with van der Waals surface area (Å²) in [5.74, 6) is 0.280. The molecule has 22 heavy (non-hydrogen) atoms. The molecule has 0 spiro atoms. The fourth-order valence-electron chi connectivity index (χ4n) is 1.73. The second kappa shape index (κ2) is 6.29. The van der Waals surface area contributed by atoms with E-state index in [9.17, 15) is 4.79 Å². The topological polar surface area (TPSA) is 96.5 Å². The van der Waals surface area contributed by atoms with Crippen molar-refractivity contribution in [1.82, 2.24) is 24.9 Å². The summed E-state index contributed by atoms with van der Waals surface area (Å²) in [7, 11) is 0. The van der Waals surface area contributed by atoms with Gasteiger partial charge in [0.15, 0.2) is 5.65 Å². The number of aromatic amines is 1. The highest BCUT2D eigenvalue weighted by Crippen LogP contribution is 2.26. The van der Waals surface area contributed by atoms with E-state index in [1.165, 1.54) is 24.3 Å². The Morgan fingerprint density at radius 3 is 2.95 bits per heavy atom. The van der Waals surface area contributed by atoms with Crippen LogP contribution >= 0.6 is 23.4 Å². The highest BCUT2D eigenvalue weighted by Gasteiger charge is 2.18. The standard InChI is InChI=1S/C13H11ClN6OS/c1-7(12(21)20-9-3-2-8(14)4-15-9)22-13-10-11(17-5-16-10)18-6-19-13/h2-7H,1H3,(H,15,20,21)(H,16,17,18,19)/t7-/m1/s1. The van der Waals surface area contributed by atoms with Crippen molar-refractivity contribution in [3.63, 3.8) is 0 Å². The van der Waals surface area contributed by atoms with E-state index >= 15 is 0 Å². The molecule has 1 atom stereocenters. The Kier molecular flexibility index (Phi) is 4.21. The van der Waals surface area contributed by atoms with E-state index in [1.807, 2.05) is 0 Å². The minimum atomic E-state index is -0.362. The number of anilines is 1. The molecule has 112 valence electrons. The Morgan fingerprint density at radius 2 is 2.18 bits per heavy atom. The second-order valence-corrected chi connectivity index (χ2v) is 6.16. The molecule has 0 radical (unpaired) electrons. The van der Waals surface area contributed by atoms with Crippen LogP contribution in [-0.4, -0.2) is 36.1 Å². The molecule has 7 nitrogen and oxygen atoms in total. The molecule has 3 aromatic rings. The number of rotatable bonds is 4. The van der Waals surface area contributed by atoms with Crippen molar-refractivity contribution in [1.29, 1.82) is 0 Å². The van der Waals surface area contributed by atoms with E-state index in [2.05, 4.69) is 30.2 Å². The smallest absolute Gasteiger partial charge is 0.238 e. The van der Waals surface area contributed by atoms with Crippen LogP contribution in [0, 0.1) is 0 Å². The number of carbonyl (C=O) groups excluding carboxylic acids is 1. The molecule has 0 bridgehead atoms. The third kappa shape index (κ3) is 3.18. The van der Waals surface area contributed by atoms with Gasteiger partial charge in [-0.15, -0.1) is 0 Å². The number of aromatic nitrogens is 5. The maximum atomic E-state index is 12.2. The minimum Gasteiger partial charge on any atom is -0.341 e. The van der Waals surface area contributed by atoms with Crippen molar-refractivity contribution in [2.75, 3.05) is 5.32 Å². The predicted molar refractivity (Wildman–Crippen MR) is 84.9 cm³/mol. The first-order valence-corrected chi connectivity index (χ1v) is 7.62. The molecule has 0 unspecified atom stereocenters. The van der Waals surface area contributed by atoms with Crippen LogP contribution in [0.15, 0.2) is 36.0 Å². The number of nitrogens with zero attached hydrogens (tertiary/aromatic N) is 4. The quantitative estimate of drug-likeness (QED) is 0.562. The zero-order chi connectivity index (χ0) is 15.5. The first-order chi connectivity index (χ1) is 10.6. The molecule has 0 aliphatic carbocycles. The van der Waals surface area contributed by atoms with Crippen molar-refractivity contribution in [2.45, 2.75) is 17.2 Å². The van der Waals surface area contributed by atoms with Crippen molar-refractivity contribution >= 4 is 46.3 Å². The summed E-state index contributed by atoms with van der Waals surface area (Å²) in [6.45, 7) is 1.79. The molecule has 0 saturated heterocycles. The predicted octanol–water partition coefficient (Wildman–Crippen LogP) is 2.52. The summed E-state index contributed by atoms with van der Waals surface area (Å²) in [6.07, 6.45) is 4.45. The summed E-state index contributed by atoms with van der Waals surface area (Å²) in [6, 6.07) is 3.32. The van der Waals surface area contributed by atoms with Gasteiger partial charge in [-0.3, -0.25) is 4.79 Å². The lowest BCUT2D eigenvalue weighted by molar-refractivity contribution is -0.115. The van der Waals surface area contributed by atoms with E-state index in [4.69, 9.17) is 11.6 Å². The monoisotopic (exact) mass is 334 g/mol. The van der Waals surface area contributed by atoms with Crippen LogP contribution < -0.4 is 5.32 Å². The fraction of sp³-hybridized carbons (Fsp3) is 0.154. The van der Waals surface area contributed by atoms with Crippen LogP contribution in [0.4, 0.5) is 5.82 Å². The SMILES string of the molecule is C[C@@H](Sc1ncnc2nc[nH]c12)C(=O)Nc1ccc(Cl)cn1. The lowest BCUT2D eigenvalue weighted by Gasteiger charge is -2.11. The van der Waals surface area contributed by atoms with E-state index < -0.39 is 0 Å². The highest BCUT2D eigenvalue weighted by atomic mass is 35.5. The Bertz CT molecular complexity index is 806. The summed E-state index contributed by atoms with van der Waals surface area (Å²) < 4.78 is 0. The number of pyridine rings is 1. The van der Waals surface area contributed by atoms with Gasteiger partial charge in [0, 0.05) is 6.20 Å². The Morgan fingerprint density at radius 1 is 1.32 bits per heavy atom. The summed E-state index contributed by atoms with van der Waals surface area (Å²) in [5.41, 5.74) is 1.29. The van der Waals surface area contributed by atoms with Crippen molar-refractivity contribution in [3.05, 3.63) is 36.0 Å². The molecular weight excluding hydrogens is 324 g/mol. The third-order valence-corrected chi connectivity index (χ3v) is 4.15. The van der Waals surface area contributed by atoms with Gasteiger partial charge in [0.05, 0.1) is 16.6 Å². The Balaban J connectivity index is 1.71. The van der Waals surface area contributed by atoms with Gasteiger partial charge in [0.2, 0.25) is 5.91 Å². The maximum absolute atomic E-state index is 12.2. The van der Waals surface area contributed by atoms with E-state index in [1.54, 1.807) is 25.4 Å². The highest BCUT2D eigenvalue weighted by molar-refractivity contribution is 8.00. The number of halogens is 1. The molecule has 0 fully saturated rings. The van der Waals surface area contributed by atoms with Crippen molar-refractivity contribution < 1.29 is 4.79 Å². The zero-order valence-corrected chi connectivity index (χ0v) is 13.0. The number of amides is 1. The third-order valence-electron chi connectivity index (χ3n) is 2.82. The molecule has 9 heteroatoms. The molecular formula is C13H11ClN6OS. The first-order valence-electron chi connectivity index (χ1n) is 6.36. The average Bonchev–Trinajstić information content (AvgIpc) is 2.99. The van der Waals surface area contributed by atoms with Crippen molar-refractivity contribution in [2.24, 2.45) is 0 Å². The fourth-order valence-corrected chi connectivity index (χ4v) is 2.72. The Hall–Kier alpha value is -2.19. The summed E-state index contributed by atoms with van der Waals surface area (Å²) >= 11 is 7.08. The van der Waals surface area contributed by atoms with Gasteiger partial charge in [-0.2, -0.15) is 0 Å². The van der Waals surface area contributed by atoms with Crippen LogP contribution in [0.2, 0.25) is 5.02 Å². The van der Waals surface area contributed by atoms with Gasteiger partial charge in [0.1, 0.15) is 22.7 Å². The maximum Gasteiger partial charge on any atom is 0.238 e. The summed E-state index contributed by atoms with van der Waals surface area (Å²) in [4.78, 5) is 31.5. The van der Waals surface area contributed by atoms with E-state index in [0.717, 1.165) is 5.52 Å². The van der Waals surface area contributed by atoms with E-state index in [0.29, 0.717) is 21.5 Å². The van der Waals surface area contributed by atoms with Gasteiger partial charge >= 0.3 is 0 Å². The number of fused-ring (bicyclic) bond motifs is 1. The minimum absolute atomic E-state index is 0.175. The number of thioether (sulfide) groups is 1. The summed E-state index contributed by atoms with van der Waals surface area (Å²) in [5, 5.41) is 3.56. The molecule has 0 aromatic carbocycles. The van der Waals surface area contributed by atoms with Crippen molar-refractivity contribution in [3.8, 4) is 0 Å². The molecule has 3 heterocycles. The zero-order valence-electron chi connectivity index (χ0n) is 11.4. The molecule has 0 aliphatic rings. The lowest BCUT2D eigenvalue weighted by Crippen LogP contribution is -2.23. The van der Waals surface area contributed by atoms with Gasteiger partial charge in [0.25, 0.3) is 0 Å². The van der Waals surface area contributed by atoms with Gasteiger partial charge < -0.3 is 10.3 Å². The van der Waals surface area contributed by atoms with Crippen LogP contribution in [0.25, 0.3) is 11.2 Å². The molecule has 3 rings (SSSR count). The molecule has 2 N–H and O–H groups in total. The van der Waals surface area contributed by atoms with Gasteiger partial charge in [-0.05, 0) is 19.1 Å². The van der Waals surface area contributed by atoms with Crippen LogP contribution in [0.5, 0.6) is 0 Å². The van der Waals surface area contributed by atoms with Gasteiger partial charge in [-0.1, -0.05) is 23.4 Å². The average molecular weight is 335 g/mol. The number of nitrogens with one attached hydrogen (secondary N) is 2. The van der Waals surface area contributed by atoms with Crippen LogP contribution in [-0.2, 0) is 4.79 Å².